The second kappa shape index (κ2) is 7.96. The summed E-state index contributed by atoms with van der Waals surface area (Å²) in [5.74, 6) is -0.766. The van der Waals surface area contributed by atoms with Crippen molar-refractivity contribution in [1.82, 2.24) is 0 Å². The molecule has 1 aliphatic carbocycles. The monoisotopic (exact) mass is 457 g/mol. The van der Waals surface area contributed by atoms with Crippen molar-refractivity contribution in [2.45, 2.75) is 5.41 Å². The second-order valence-electron chi connectivity index (χ2n) is 8.69. The van der Waals surface area contributed by atoms with Crippen LogP contribution < -0.4 is 5.32 Å². The van der Waals surface area contributed by atoms with E-state index in [1.54, 1.807) is 0 Å². The Kier molecular flexibility index (Phi) is 4.75. The summed E-state index contributed by atoms with van der Waals surface area (Å²) in [5, 5.41) is 37.4. The number of hydrogen-bond acceptors (Lipinski definition) is 4. The molecule has 4 N–H and O–H groups in total. The summed E-state index contributed by atoms with van der Waals surface area (Å²) in [6.07, 6.45) is 0. The van der Waals surface area contributed by atoms with Gasteiger partial charge >= 0.3 is 0 Å². The van der Waals surface area contributed by atoms with Gasteiger partial charge in [0.1, 0.15) is 11.4 Å². The highest BCUT2D eigenvalue weighted by molar-refractivity contribution is 5.97. The number of hydrogen-bond donors (Lipinski definition) is 4. The average Bonchev–Trinajstić information content (AvgIpc) is 3.24. The molecule has 5 aromatic carbocycles. The number of rotatable bonds is 4. The SMILES string of the molecule is Oc1c(O)c2c(c(O)c1Nc1ccccc1)C(c1ccccc1)(c1ccccc1)c1ccccc1-2. The number of para-hydroxylation sites is 1. The van der Waals surface area contributed by atoms with Crippen LogP contribution in [0.3, 0.4) is 0 Å². The van der Waals surface area contributed by atoms with Gasteiger partial charge in [0, 0.05) is 16.8 Å². The molecule has 35 heavy (non-hydrogen) atoms. The first-order valence-electron chi connectivity index (χ1n) is 11.5. The van der Waals surface area contributed by atoms with Gasteiger partial charge in [-0.3, -0.25) is 0 Å². The molecule has 0 aromatic heterocycles. The number of phenolic OH excluding ortho intramolecular Hbond substituents is 3. The van der Waals surface area contributed by atoms with Crippen molar-refractivity contribution in [3.63, 3.8) is 0 Å². The van der Waals surface area contributed by atoms with Gasteiger partial charge in [-0.2, -0.15) is 0 Å². The van der Waals surface area contributed by atoms with E-state index in [0.717, 1.165) is 22.3 Å². The Bertz CT molecular complexity index is 1490. The van der Waals surface area contributed by atoms with E-state index < -0.39 is 11.2 Å². The van der Waals surface area contributed by atoms with E-state index >= 15 is 0 Å². The minimum atomic E-state index is -0.906. The van der Waals surface area contributed by atoms with Crippen molar-refractivity contribution in [3.05, 3.63) is 138 Å². The third kappa shape index (κ3) is 2.93. The maximum atomic E-state index is 11.9. The van der Waals surface area contributed by atoms with Crippen LogP contribution in [0.2, 0.25) is 0 Å². The van der Waals surface area contributed by atoms with Crippen LogP contribution >= 0.6 is 0 Å². The summed E-state index contributed by atoms with van der Waals surface area (Å²) in [5.41, 5.74) is 4.39. The van der Waals surface area contributed by atoms with E-state index in [0.29, 0.717) is 16.8 Å². The fraction of sp³-hybridized carbons (Fsp3) is 0.0323. The van der Waals surface area contributed by atoms with Gasteiger partial charge in [-0.25, -0.2) is 0 Å². The van der Waals surface area contributed by atoms with Gasteiger partial charge in [-0.05, 0) is 34.4 Å². The lowest BCUT2D eigenvalue weighted by Gasteiger charge is -2.34. The molecular weight excluding hydrogens is 434 g/mol. The standard InChI is InChI=1S/C31H23NO3/c33-28-25-23-18-10-11-19-24(23)31(20-12-4-1-5-13-20,21-14-6-2-7-15-21)26(25)29(34)27(30(28)35)32-22-16-8-3-9-17-22/h1-19,32-35H. The van der Waals surface area contributed by atoms with Gasteiger partial charge in [0.25, 0.3) is 0 Å². The molecule has 5 aromatic rings. The first-order chi connectivity index (χ1) is 17.1. The maximum absolute atomic E-state index is 11.9. The number of nitrogens with one attached hydrogen (secondary N) is 1. The molecule has 4 nitrogen and oxygen atoms in total. The summed E-state index contributed by atoms with van der Waals surface area (Å²) in [6, 6.07) is 37.0. The Morgan fingerprint density at radius 3 is 1.63 bits per heavy atom. The van der Waals surface area contributed by atoms with Gasteiger partial charge in [0.15, 0.2) is 11.5 Å². The molecule has 0 heterocycles. The van der Waals surface area contributed by atoms with E-state index in [4.69, 9.17) is 0 Å². The van der Waals surface area contributed by atoms with E-state index in [1.807, 2.05) is 115 Å². The first-order valence-corrected chi connectivity index (χ1v) is 11.5. The number of fused-ring (bicyclic) bond motifs is 3. The Morgan fingerprint density at radius 1 is 0.514 bits per heavy atom. The van der Waals surface area contributed by atoms with Crippen LogP contribution in [-0.2, 0) is 5.41 Å². The van der Waals surface area contributed by atoms with E-state index in [1.165, 1.54) is 0 Å². The van der Waals surface area contributed by atoms with E-state index in [2.05, 4.69) is 5.32 Å². The highest BCUT2D eigenvalue weighted by Gasteiger charge is 2.50. The molecule has 1 aliphatic rings. The molecule has 0 unspecified atom stereocenters. The number of benzene rings is 5. The van der Waals surface area contributed by atoms with Crippen molar-refractivity contribution in [1.29, 1.82) is 0 Å². The zero-order valence-electron chi connectivity index (χ0n) is 18.8. The second-order valence-corrected chi connectivity index (χ2v) is 8.69. The predicted molar refractivity (Wildman–Crippen MR) is 138 cm³/mol. The van der Waals surface area contributed by atoms with E-state index in [-0.39, 0.29) is 17.2 Å². The summed E-state index contributed by atoms with van der Waals surface area (Å²) in [4.78, 5) is 0. The molecule has 4 heteroatoms. The minimum absolute atomic E-state index is 0.0662. The molecular formula is C31H23NO3. The predicted octanol–water partition coefficient (Wildman–Crippen LogP) is 6.91. The maximum Gasteiger partial charge on any atom is 0.186 e. The largest absolute Gasteiger partial charge is 0.505 e. The van der Waals surface area contributed by atoms with Crippen molar-refractivity contribution < 1.29 is 15.3 Å². The molecule has 170 valence electrons. The van der Waals surface area contributed by atoms with Gasteiger partial charge < -0.3 is 20.6 Å². The molecule has 0 bridgehead atoms. The molecule has 0 amide bonds. The average molecular weight is 458 g/mol. The summed E-state index contributed by atoms with van der Waals surface area (Å²) in [7, 11) is 0. The van der Waals surface area contributed by atoms with Crippen molar-refractivity contribution >= 4 is 11.4 Å². The Morgan fingerprint density at radius 2 is 1.03 bits per heavy atom. The van der Waals surface area contributed by atoms with Crippen LogP contribution in [0.4, 0.5) is 11.4 Å². The lowest BCUT2D eigenvalue weighted by Crippen LogP contribution is -2.28. The van der Waals surface area contributed by atoms with Crippen molar-refractivity contribution in [2.75, 3.05) is 5.32 Å². The Balaban J connectivity index is 1.77. The molecule has 0 aliphatic heterocycles. The Hall–Kier alpha value is -4.70. The normalized spacial score (nSPS) is 13.1. The van der Waals surface area contributed by atoms with Crippen LogP contribution in [0.25, 0.3) is 11.1 Å². The number of anilines is 2. The zero-order chi connectivity index (χ0) is 24.0. The number of aromatic hydroxyl groups is 3. The topological polar surface area (TPSA) is 72.7 Å². The minimum Gasteiger partial charge on any atom is -0.505 e. The van der Waals surface area contributed by atoms with Crippen LogP contribution in [0, 0.1) is 0 Å². The number of phenols is 3. The van der Waals surface area contributed by atoms with Gasteiger partial charge in [-0.1, -0.05) is 103 Å². The van der Waals surface area contributed by atoms with Crippen LogP contribution in [0.15, 0.2) is 115 Å². The molecule has 6 rings (SSSR count). The van der Waals surface area contributed by atoms with Gasteiger partial charge in [0.05, 0.1) is 5.41 Å². The smallest absolute Gasteiger partial charge is 0.186 e. The van der Waals surface area contributed by atoms with Crippen molar-refractivity contribution in [2.24, 2.45) is 0 Å². The molecule has 0 atom stereocenters. The third-order valence-corrected chi connectivity index (χ3v) is 6.85. The third-order valence-electron chi connectivity index (χ3n) is 6.85. The van der Waals surface area contributed by atoms with Crippen LogP contribution in [0.5, 0.6) is 17.2 Å². The zero-order valence-corrected chi connectivity index (χ0v) is 18.8. The first kappa shape index (κ1) is 20.9. The van der Waals surface area contributed by atoms with Gasteiger partial charge in [0.2, 0.25) is 0 Å². The van der Waals surface area contributed by atoms with Crippen LogP contribution in [-0.4, -0.2) is 15.3 Å². The fourth-order valence-electron chi connectivity index (χ4n) is 5.43. The van der Waals surface area contributed by atoms with E-state index in [9.17, 15) is 15.3 Å². The highest BCUT2D eigenvalue weighted by atomic mass is 16.3. The highest BCUT2D eigenvalue weighted by Crippen LogP contribution is 2.64. The lowest BCUT2D eigenvalue weighted by atomic mass is 9.67. The summed E-state index contributed by atoms with van der Waals surface area (Å²) in [6.45, 7) is 0. The van der Waals surface area contributed by atoms with Crippen molar-refractivity contribution in [3.8, 4) is 28.4 Å². The Labute approximate surface area is 203 Å². The lowest BCUT2D eigenvalue weighted by molar-refractivity contribution is 0.398. The molecule has 0 radical (unpaired) electrons. The summed E-state index contributed by atoms with van der Waals surface area (Å²) >= 11 is 0. The van der Waals surface area contributed by atoms with Gasteiger partial charge in [-0.15, -0.1) is 0 Å². The molecule has 0 saturated heterocycles. The summed E-state index contributed by atoms with van der Waals surface area (Å²) < 4.78 is 0. The molecule has 0 fully saturated rings. The fourth-order valence-corrected chi connectivity index (χ4v) is 5.43. The quantitative estimate of drug-likeness (QED) is 0.171. The van der Waals surface area contributed by atoms with Crippen LogP contribution in [0.1, 0.15) is 22.3 Å². The molecule has 0 spiro atoms. The molecule has 0 saturated carbocycles.